The molecule has 0 fully saturated rings. The van der Waals surface area contributed by atoms with E-state index >= 15 is 0 Å². The summed E-state index contributed by atoms with van der Waals surface area (Å²) in [7, 11) is -2.83. The standard InChI is InChI=1S/C27H29N5O3S/c1-3-34-23-14-12-20(13-15-23)25-19-30-27(31-21-8-7-11-24(18-21)36(2,28)33)32-26(25)29-16-17-35-22-9-5-4-6-10-22/h4-15,18-19,28H,3,16-17H2,1-2H3,(H2,29,30,31,32). The van der Waals surface area contributed by atoms with Crippen molar-refractivity contribution >= 4 is 27.2 Å². The van der Waals surface area contributed by atoms with Gasteiger partial charge in [-0.2, -0.15) is 4.98 Å². The number of benzene rings is 3. The highest BCUT2D eigenvalue weighted by Crippen LogP contribution is 2.29. The number of para-hydroxylation sites is 1. The van der Waals surface area contributed by atoms with E-state index in [1.54, 1.807) is 24.4 Å². The fourth-order valence-corrected chi connectivity index (χ4v) is 4.18. The van der Waals surface area contributed by atoms with Gasteiger partial charge in [-0.1, -0.05) is 36.4 Å². The summed E-state index contributed by atoms with van der Waals surface area (Å²) in [6, 6.07) is 24.3. The molecule has 9 heteroatoms. The van der Waals surface area contributed by atoms with Crippen LogP contribution in [0.3, 0.4) is 0 Å². The Bertz CT molecular complexity index is 1390. The monoisotopic (exact) mass is 503 g/mol. The van der Waals surface area contributed by atoms with Crippen LogP contribution >= 0.6 is 0 Å². The second-order valence-electron chi connectivity index (χ2n) is 8.00. The van der Waals surface area contributed by atoms with Gasteiger partial charge < -0.3 is 20.1 Å². The lowest BCUT2D eigenvalue weighted by atomic mass is 10.1. The maximum Gasteiger partial charge on any atom is 0.229 e. The van der Waals surface area contributed by atoms with Crippen LogP contribution in [0.1, 0.15) is 6.92 Å². The molecule has 0 spiro atoms. The van der Waals surface area contributed by atoms with Crippen molar-refractivity contribution in [2.75, 3.05) is 36.6 Å². The smallest absolute Gasteiger partial charge is 0.229 e. The van der Waals surface area contributed by atoms with Gasteiger partial charge >= 0.3 is 0 Å². The Hall–Kier alpha value is -4.11. The molecule has 0 radical (unpaired) electrons. The average molecular weight is 504 g/mol. The molecule has 36 heavy (non-hydrogen) atoms. The SMILES string of the molecule is CCOc1ccc(-c2cnc(Nc3cccc(S(C)(=N)=O)c3)nc2NCCOc2ccccc2)cc1. The van der Waals surface area contributed by atoms with E-state index < -0.39 is 9.73 Å². The molecule has 0 bridgehead atoms. The molecule has 4 aromatic rings. The van der Waals surface area contributed by atoms with Gasteiger partial charge in [0, 0.05) is 28.6 Å². The Labute approximate surface area is 211 Å². The first-order valence-corrected chi connectivity index (χ1v) is 13.5. The van der Waals surface area contributed by atoms with Crippen molar-refractivity contribution in [2.45, 2.75) is 11.8 Å². The van der Waals surface area contributed by atoms with E-state index in [1.807, 2.05) is 67.6 Å². The van der Waals surface area contributed by atoms with Crippen LogP contribution in [0.5, 0.6) is 11.5 Å². The van der Waals surface area contributed by atoms with E-state index in [2.05, 4.69) is 15.6 Å². The summed E-state index contributed by atoms with van der Waals surface area (Å²) in [4.78, 5) is 9.64. The fraction of sp³-hybridized carbons (Fsp3) is 0.185. The van der Waals surface area contributed by atoms with E-state index in [9.17, 15) is 4.21 Å². The predicted octanol–water partition coefficient (Wildman–Crippen LogP) is 5.81. The number of anilines is 3. The van der Waals surface area contributed by atoms with Crippen LogP contribution in [-0.2, 0) is 9.73 Å². The van der Waals surface area contributed by atoms with Gasteiger partial charge in [-0.25, -0.2) is 14.0 Å². The van der Waals surface area contributed by atoms with Gasteiger partial charge in [-0.3, -0.25) is 0 Å². The summed E-state index contributed by atoms with van der Waals surface area (Å²) in [5, 5.41) is 6.52. The Morgan fingerprint density at radius 2 is 1.69 bits per heavy atom. The maximum absolute atomic E-state index is 12.1. The molecule has 186 valence electrons. The van der Waals surface area contributed by atoms with Crippen LogP contribution in [0.2, 0.25) is 0 Å². The summed E-state index contributed by atoms with van der Waals surface area (Å²) < 4.78 is 31.3. The first-order chi connectivity index (χ1) is 17.4. The largest absolute Gasteiger partial charge is 0.494 e. The molecule has 8 nitrogen and oxygen atoms in total. The molecule has 1 aromatic heterocycles. The molecule has 0 amide bonds. The van der Waals surface area contributed by atoms with E-state index in [-0.39, 0.29) is 0 Å². The van der Waals surface area contributed by atoms with Crippen molar-refractivity contribution < 1.29 is 13.7 Å². The van der Waals surface area contributed by atoms with Gasteiger partial charge in [0.15, 0.2) is 0 Å². The van der Waals surface area contributed by atoms with Crippen LogP contribution in [0.4, 0.5) is 17.5 Å². The summed E-state index contributed by atoms with van der Waals surface area (Å²) in [6.45, 7) is 3.54. The summed E-state index contributed by atoms with van der Waals surface area (Å²) >= 11 is 0. The van der Waals surface area contributed by atoms with E-state index in [4.69, 9.17) is 19.2 Å². The quantitative estimate of drug-likeness (QED) is 0.222. The third-order valence-electron chi connectivity index (χ3n) is 5.21. The third-order valence-corrected chi connectivity index (χ3v) is 6.36. The van der Waals surface area contributed by atoms with Gasteiger partial charge in [0.1, 0.15) is 23.9 Å². The minimum absolute atomic E-state index is 0.376. The number of rotatable bonds is 11. The van der Waals surface area contributed by atoms with E-state index in [0.29, 0.717) is 42.1 Å². The molecule has 1 atom stereocenters. The first-order valence-electron chi connectivity index (χ1n) is 11.6. The average Bonchev–Trinajstić information content (AvgIpc) is 2.88. The summed E-state index contributed by atoms with van der Waals surface area (Å²) in [6.07, 6.45) is 3.15. The Balaban J connectivity index is 1.56. The van der Waals surface area contributed by atoms with Crippen molar-refractivity contribution in [1.29, 1.82) is 4.78 Å². The zero-order valence-corrected chi connectivity index (χ0v) is 21.0. The van der Waals surface area contributed by atoms with Gasteiger partial charge in [0.2, 0.25) is 5.95 Å². The second-order valence-corrected chi connectivity index (χ2v) is 10.2. The molecular weight excluding hydrogens is 474 g/mol. The number of nitrogens with zero attached hydrogens (tertiary/aromatic N) is 2. The Kier molecular flexibility index (Phi) is 8.02. The van der Waals surface area contributed by atoms with Gasteiger partial charge in [0.05, 0.1) is 22.9 Å². The number of hydrogen-bond donors (Lipinski definition) is 3. The minimum atomic E-state index is -2.83. The van der Waals surface area contributed by atoms with Crippen LogP contribution in [-0.4, -0.2) is 40.2 Å². The van der Waals surface area contributed by atoms with Crippen molar-refractivity contribution in [3.8, 4) is 22.6 Å². The van der Waals surface area contributed by atoms with Crippen LogP contribution in [0.15, 0.2) is 90.0 Å². The molecule has 3 N–H and O–H groups in total. The lowest BCUT2D eigenvalue weighted by Crippen LogP contribution is -2.14. The molecule has 1 unspecified atom stereocenters. The van der Waals surface area contributed by atoms with Gasteiger partial charge in [0.25, 0.3) is 0 Å². The molecule has 4 rings (SSSR count). The number of nitrogens with one attached hydrogen (secondary N) is 3. The topological polar surface area (TPSA) is 109 Å². The van der Waals surface area contributed by atoms with Gasteiger partial charge in [-0.05, 0) is 55.0 Å². The van der Waals surface area contributed by atoms with E-state index in [1.165, 1.54) is 6.26 Å². The number of hydrogen-bond acceptors (Lipinski definition) is 8. The zero-order valence-electron chi connectivity index (χ0n) is 20.2. The number of aromatic nitrogens is 2. The summed E-state index contributed by atoms with van der Waals surface area (Å²) in [5.74, 6) is 2.62. The van der Waals surface area contributed by atoms with Crippen molar-refractivity contribution in [1.82, 2.24) is 9.97 Å². The molecule has 1 heterocycles. The van der Waals surface area contributed by atoms with Crippen LogP contribution < -0.4 is 20.1 Å². The zero-order chi connectivity index (χ0) is 25.4. The molecule has 0 aliphatic rings. The Morgan fingerprint density at radius 3 is 2.42 bits per heavy atom. The molecular formula is C27H29N5O3S. The highest BCUT2D eigenvalue weighted by atomic mass is 32.2. The third kappa shape index (κ3) is 6.73. The second kappa shape index (κ2) is 11.5. The fourth-order valence-electron chi connectivity index (χ4n) is 3.49. The minimum Gasteiger partial charge on any atom is -0.494 e. The predicted molar refractivity (Wildman–Crippen MR) is 144 cm³/mol. The highest BCUT2D eigenvalue weighted by Gasteiger charge is 2.11. The summed E-state index contributed by atoms with van der Waals surface area (Å²) in [5.41, 5.74) is 2.43. The van der Waals surface area contributed by atoms with Crippen LogP contribution in [0, 0.1) is 4.78 Å². The Morgan fingerprint density at radius 1 is 0.944 bits per heavy atom. The highest BCUT2D eigenvalue weighted by molar-refractivity contribution is 7.91. The molecule has 0 saturated heterocycles. The van der Waals surface area contributed by atoms with Crippen molar-refractivity contribution in [3.05, 3.63) is 85.1 Å². The van der Waals surface area contributed by atoms with Crippen molar-refractivity contribution in [3.63, 3.8) is 0 Å². The molecule has 3 aromatic carbocycles. The number of ether oxygens (including phenoxy) is 2. The van der Waals surface area contributed by atoms with Crippen molar-refractivity contribution in [2.24, 2.45) is 0 Å². The molecule has 0 aliphatic carbocycles. The lowest BCUT2D eigenvalue weighted by Gasteiger charge is -2.14. The first kappa shape index (κ1) is 25.0. The van der Waals surface area contributed by atoms with Crippen LogP contribution in [0.25, 0.3) is 11.1 Å². The normalized spacial score (nSPS) is 12.4. The molecule has 0 saturated carbocycles. The maximum atomic E-state index is 12.1. The lowest BCUT2D eigenvalue weighted by molar-refractivity contribution is 0.333. The van der Waals surface area contributed by atoms with Gasteiger partial charge in [-0.15, -0.1) is 0 Å². The van der Waals surface area contributed by atoms with E-state index in [0.717, 1.165) is 22.6 Å². The molecule has 0 aliphatic heterocycles.